The fraction of sp³-hybridized carbons (Fsp3) is 0.750. The Bertz CT molecular complexity index is 493. The molecule has 0 aromatic carbocycles. The molecule has 1 aliphatic rings. The monoisotopic (exact) mass is 341 g/mol. The van der Waals surface area contributed by atoms with Gasteiger partial charge in [0.1, 0.15) is 0 Å². The van der Waals surface area contributed by atoms with Crippen LogP contribution >= 0.6 is 20.6 Å². The van der Waals surface area contributed by atoms with E-state index in [4.69, 9.17) is 0 Å². The quantitative estimate of drug-likeness (QED) is 0.538. The Labute approximate surface area is 140 Å². The minimum atomic E-state index is 0.128. The average Bonchev–Trinajstić information content (AvgIpc) is 3.08. The summed E-state index contributed by atoms with van der Waals surface area (Å²) in [5.41, 5.74) is 0. The van der Waals surface area contributed by atoms with Crippen molar-refractivity contribution in [3.05, 3.63) is 16.1 Å². The molecule has 1 aromatic heterocycles. The molecule has 0 radical (unpaired) electrons. The molecule has 2 rings (SSSR count). The van der Waals surface area contributed by atoms with E-state index >= 15 is 0 Å². The second-order valence-corrected chi connectivity index (χ2v) is 7.78. The summed E-state index contributed by atoms with van der Waals surface area (Å²) in [6, 6.07) is 0.212. The first-order valence-electron chi connectivity index (χ1n) is 8.16. The molecule has 3 atom stereocenters. The van der Waals surface area contributed by atoms with E-state index in [0.717, 1.165) is 30.7 Å². The maximum atomic E-state index is 12.5. The van der Waals surface area contributed by atoms with Gasteiger partial charge in [0.15, 0.2) is 0 Å². The number of hydrogen-bond donors (Lipinski definition) is 0. The van der Waals surface area contributed by atoms with Gasteiger partial charge in [-0.25, -0.2) is 4.98 Å². The van der Waals surface area contributed by atoms with Crippen molar-refractivity contribution in [1.29, 1.82) is 0 Å². The number of amides is 1. The number of hydrogen-bond acceptors (Lipinski definition) is 4. The number of nitrogens with zero attached hydrogens (tertiary/aromatic N) is 3. The highest BCUT2D eigenvalue weighted by Crippen LogP contribution is 2.38. The molecule has 22 heavy (non-hydrogen) atoms. The number of unbranched alkanes of at least 4 members (excludes halogenated alkanes) is 2. The largest absolute Gasteiger partial charge is 0.338 e. The van der Waals surface area contributed by atoms with Gasteiger partial charge in [0.2, 0.25) is 5.91 Å². The van der Waals surface area contributed by atoms with Crippen LogP contribution < -0.4 is 0 Å². The molecular formula is C16H28N3OPS. The summed E-state index contributed by atoms with van der Waals surface area (Å²) in [5.74, 6) is 0.413. The maximum absolute atomic E-state index is 12.5. The molecular weight excluding hydrogens is 313 g/mol. The number of thiazole rings is 1. The van der Waals surface area contributed by atoms with E-state index in [-0.39, 0.29) is 17.9 Å². The van der Waals surface area contributed by atoms with Crippen molar-refractivity contribution in [2.24, 2.45) is 5.92 Å². The lowest BCUT2D eigenvalue weighted by Gasteiger charge is -2.19. The van der Waals surface area contributed by atoms with Gasteiger partial charge in [-0.1, -0.05) is 19.8 Å². The summed E-state index contributed by atoms with van der Waals surface area (Å²) in [6.07, 6.45) is 7.49. The number of carbonyl (C=O) groups is 1. The van der Waals surface area contributed by atoms with Crippen LogP contribution in [0.1, 0.15) is 48.5 Å². The van der Waals surface area contributed by atoms with Crippen LogP contribution in [0.25, 0.3) is 0 Å². The first-order valence-corrected chi connectivity index (χ1v) is 9.80. The highest BCUT2D eigenvalue weighted by atomic mass is 32.1. The van der Waals surface area contributed by atoms with E-state index in [1.807, 2.05) is 18.1 Å². The lowest BCUT2D eigenvalue weighted by atomic mass is 10.0. The molecule has 0 saturated carbocycles. The molecule has 0 spiro atoms. The van der Waals surface area contributed by atoms with Crippen molar-refractivity contribution in [2.75, 3.05) is 27.2 Å². The summed E-state index contributed by atoms with van der Waals surface area (Å²) in [7, 11) is 6.78. The Balaban J connectivity index is 1.93. The zero-order valence-electron chi connectivity index (χ0n) is 13.9. The average molecular weight is 341 g/mol. The summed E-state index contributed by atoms with van der Waals surface area (Å²) >= 11 is 1.73. The van der Waals surface area contributed by atoms with Gasteiger partial charge in [0.05, 0.1) is 17.0 Å². The molecule has 0 bridgehead atoms. The van der Waals surface area contributed by atoms with Crippen LogP contribution in [0.3, 0.4) is 0 Å². The molecule has 0 aliphatic carbocycles. The fourth-order valence-electron chi connectivity index (χ4n) is 3.10. The zero-order valence-corrected chi connectivity index (χ0v) is 15.9. The van der Waals surface area contributed by atoms with E-state index in [1.165, 1.54) is 24.1 Å². The predicted molar refractivity (Wildman–Crippen MR) is 96.2 cm³/mol. The molecule has 1 amide bonds. The van der Waals surface area contributed by atoms with Gasteiger partial charge in [-0.05, 0) is 26.4 Å². The summed E-state index contributed by atoms with van der Waals surface area (Å²) in [6.45, 7) is 4.18. The number of rotatable bonds is 8. The molecule has 3 unspecified atom stereocenters. The second-order valence-electron chi connectivity index (χ2n) is 6.23. The van der Waals surface area contributed by atoms with Gasteiger partial charge in [-0.3, -0.25) is 4.79 Å². The van der Waals surface area contributed by atoms with Crippen LogP contribution in [0.5, 0.6) is 0 Å². The van der Waals surface area contributed by atoms with Crippen LogP contribution in [0.15, 0.2) is 6.20 Å². The van der Waals surface area contributed by atoms with Gasteiger partial charge in [0.25, 0.3) is 0 Å². The Hall–Kier alpha value is -0.510. The van der Waals surface area contributed by atoms with E-state index in [1.54, 1.807) is 11.3 Å². The lowest BCUT2D eigenvalue weighted by Crippen LogP contribution is -2.32. The number of aromatic nitrogens is 1. The Morgan fingerprint density at radius 2 is 2.27 bits per heavy atom. The van der Waals surface area contributed by atoms with Gasteiger partial charge >= 0.3 is 0 Å². The standard InChI is InChI=1S/C16H28N3OPS/c1-4-5-6-7-18(2)10-12-8-13(19(3)16(12)20)14-9-17-15(11-21)22-14/h9,12-13H,4-8,10-11,21H2,1-3H3. The van der Waals surface area contributed by atoms with Crippen molar-refractivity contribution < 1.29 is 4.79 Å². The van der Waals surface area contributed by atoms with E-state index in [2.05, 4.69) is 33.1 Å². The van der Waals surface area contributed by atoms with Crippen LogP contribution in [0, 0.1) is 5.92 Å². The number of carbonyl (C=O) groups excluding carboxylic acids is 1. The van der Waals surface area contributed by atoms with Crippen molar-refractivity contribution in [2.45, 2.75) is 44.8 Å². The smallest absolute Gasteiger partial charge is 0.227 e. The summed E-state index contributed by atoms with van der Waals surface area (Å²) in [4.78, 5) is 22.4. The first kappa shape index (κ1) is 17.8. The number of likely N-dealkylation sites (tertiary alicyclic amines) is 1. The molecule has 2 heterocycles. The van der Waals surface area contributed by atoms with Crippen molar-refractivity contribution in [3.8, 4) is 0 Å². The van der Waals surface area contributed by atoms with Gasteiger partial charge < -0.3 is 9.80 Å². The van der Waals surface area contributed by atoms with Gasteiger partial charge in [-0.2, -0.15) is 0 Å². The van der Waals surface area contributed by atoms with Crippen LogP contribution in [-0.4, -0.2) is 47.9 Å². The van der Waals surface area contributed by atoms with Gasteiger partial charge in [-0.15, -0.1) is 20.6 Å². The van der Waals surface area contributed by atoms with E-state index < -0.39 is 0 Å². The van der Waals surface area contributed by atoms with Crippen molar-refractivity contribution in [1.82, 2.24) is 14.8 Å². The molecule has 1 fully saturated rings. The minimum absolute atomic E-state index is 0.128. The third-order valence-electron chi connectivity index (χ3n) is 4.42. The minimum Gasteiger partial charge on any atom is -0.338 e. The Kier molecular flexibility index (Phi) is 6.79. The fourth-order valence-corrected chi connectivity index (χ4v) is 4.41. The third-order valence-corrected chi connectivity index (χ3v) is 6.23. The molecule has 1 aliphatic heterocycles. The van der Waals surface area contributed by atoms with E-state index in [9.17, 15) is 4.79 Å². The molecule has 1 saturated heterocycles. The van der Waals surface area contributed by atoms with Gasteiger partial charge in [0, 0.05) is 30.8 Å². The van der Waals surface area contributed by atoms with E-state index in [0.29, 0.717) is 0 Å². The highest BCUT2D eigenvalue weighted by Gasteiger charge is 2.39. The molecule has 4 nitrogen and oxygen atoms in total. The van der Waals surface area contributed by atoms with Crippen LogP contribution in [0.4, 0.5) is 0 Å². The molecule has 1 aromatic rings. The highest BCUT2D eigenvalue weighted by molar-refractivity contribution is 7.18. The molecule has 6 heteroatoms. The third kappa shape index (κ3) is 4.27. The predicted octanol–water partition coefficient (Wildman–Crippen LogP) is 3.16. The molecule has 124 valence electrons. The van der Waals surface area contributed by atoms with Crippen molar-refractivity contribution >= 4 is 26.5 Å². The molecule has 0 N–H and O–H groups in total. The topological polar surface area (TPSA) is 36.4 Å². The maximum Gasteiger partial charge on any atom is 0.227 e. The Morgan fingerprint density at radius 3 is 2.91 bits per heavy atom. The lowest BCUT2D eigenvalue weighted by molar-refractivity contribution is -0.131. The Morgan fingerprint density at radius 1 is 1.50 bits per heavy atom. The first-order chi connectivity index (χ1) is 10.6. The van der Waals surface area contributed by atoms with Crippen LogP contribution in [-0.2, 0) is 11.0 Å². The SMILES string of the molecule is CCCCCN(C)CC1CC(c2cnc(CP)s2)N(C)C1=O. The normalized spacial score (nSPS) is 22.0. The summed E-state index contributed by atoms with van der Waals surface area (Å²) < 4.78 is 0. The van der Waals surface area contributed by atoms with Crippen molar-refractivity contribution in [3.63, 3.8) is 0 Å². The summed E-state index contributed by atoms with van der Waals surface area (Å²) in [5, 5.41) is 1.13. The van der Waals surface area contributed by atoms with Crippen LogP contribution in [0.2, 0.25) is 0 Å². The zero-order chi connectivity index (χ0) is 16.1. The second kappa shape index (κ2) is 8.37.